The Morgan fingerprint density at radius 2 is 2.00 bits per heavy atom. The lowest BCUT2D eigenvalue weighted by molar-refractivity contribution is 1.05. The summed E-state index contributed by atoms with van der Waals surface area (Å²) in [4.78, 5) is 8.36. The Labute approximate surface area is 118 Å². The van der Waals surface area contributed by atoms with Gasteiger partial charge in [0.15, 0.2) is 0 Å². The number of anilines is 3. The summed E-state index contributed by atoms with van der Waals surface area (Å²) < 4.78 is 0.782. The summed E-state index contributed by atoms with van der Waals surface area (Å²) in [6.07, 6.45) is 0. The monoisotopic (exact) mass is 318 g/mol. The molecule has 0 saturated heterocycles. The topological polar surface area (TPSA) is 99.6 Å². The number of benzene rings is 1. The normalized spacial score (nSPS) is 9.79. The fraction of sp³-hybridized carbons (Fsp3) is 0.0833. The molecule has 0 spiro atoms. The molecule has 1 aromatic carbocycles. The van der Waals surface area contributed by atoms with Crippen molar-refractivity contribution in [2.75, 3.05) is 10.7 Å². The number of rotatable bonds is 3. The van der Waals surface area contributed by atoms with Gasteiger partial charge in [0.25, 0.3) is 0 Å². The largest absolute Gasteiger partial charge is 0.339 e. The van der Waals surface area contributed by atoms with Crippen LogP contribution in [0.5, 0.6) is 0 Å². The van der Waals surface area contributed by atoms with E-state index < -0.39 is 0 Å². The van der Waals surface area contributed by atoms with Crippen molar-refractivity contribution in [2.45, 2.75) is 6.92 Å². The number of hydrogen-bond acceptors (Lipinski definition) is 6. The molecule has 0 atom stereocenters. The highest BCUT2D eigenvalue weighted by molar-refractivity contribution is 9.10. The summed E-state index contributed by atoms with van der Waals surface area (Å²) in [5, 5.41) is 11.9. The summed E-state index contributed by atoms with van der Waals surface area (Å²) >= 11 is 3.40. The van der Waals surface area contributed by atoms with Crippen LogP contribution in [0, 0.1) is 18.3 Å². The highest BCUT2D eigenvalue weighted by Gasteiger charge is 2.05. The van der Waals surface area contributed by atoms with Crippen molar-refractivity contribution in [3.8, 4) is 6.07 Å². The molecule has 1 heterocycles. The molecule has 19 heavy (non-hydrogen) atoms. The minimum atomic E-state index is 0.528. The molecule has 2 aromatic rings. The van der Waals surface area contributed by atoms with Crippen LogP contribution < -0.4 is 16.6 Å². The van der Waals surface area contributed by atoms with E-state index in [0.29, 0.717) is 23.0 Å². The second-order valence-electron chi connectivity index (χ2n) is 3.76. The summed E-state index contributed by atoms with van der Waals surface area (Å²) in [6, 6.07) is 9.03. The van der Waals surface area contributed by atoms with E-state index in [-0.39, 0.29) is 0 Å². The number of aryl methyl sites for hydroxylation is 1. The van der Waals surface area contributed by atoms with Crippen LogP contribution >= 0.6 is 15.9 Å². The second kappa shape index (κ2) is 5.65. The zero-order valence-corrected chi connectivity index (χ0v) is 11.7. The van der Waals surface area contributed by atoms with E-state index in [4.69, 9.17) is 11.1 Å². The number of aromatic nitrogens is 2. The van der Waals surface area contributed by atoms with Gasteiger partial charge in [-0.15, -0.1) is 0 Å². The van der Waals surface area contributed by atoms with E-state index in [1.807, 2.05) is 0 Å². The first-order chi connectivity index (χ1) is 9.12. The molecule has 96 valence electrons. The predicted octanol–water partition coefficient (Wildman–Crippen LogP) is 2.45. The quantitative estimate of drug-likeness (QED) is 0.593. The number of hydrogen-bond donors (Lipinski definition) is 3. The van der Waals surface area contributed by atoms with Crippen LogP contribution in [0.4, 0.5) is 17.3 Å². The smallest absolute Gasteiger partial charge is 0.145 e. The van der Waals surface area contributed by atoms with Crippen molar-refractivity contribution in [2.24, 2.45) is 5.84 Å². The van der Waals surface area contributed by atoms with Gasteiger partial charge in [0.1, 0.15) is 17.5 Å². The minimum Gasteiger partial charge on any atom is -0.339 e. The Balaban J connectivity index is 2.31. The second-order valence-corrected chi connectivity index (χ2v) is 4.62. The SMILES string of the molecule is Cc1nc(NN)cc(Nc2ccc(C#N)cc2Br)n1. The molecule has 0 aliphatic carbocycles. The zero-order valence-electron chi connectivity index (χ0n) is 10.1. The molecular weight excluding hydrogens is 308 g/mol. The molecular formula is C12H11BrN6. The van der Waals surface area contributed by atoms with Crippen LogP contribution in [0.25, 0.3) is 0 Å². The third kappa shape index (κ3) is 3.19. The lowest BCUT2D eigenvalue weighted by Gasteiger charge is -2.10. The third-order valence-electron chi connectivity index (χ3n) is 2.35. The van der Waals surface area contributed by atoms with Crippen molar-refractivity contribution >= 4 is 33.3 Å². The summed E-state index contributed by atoms with van der Waals surface area (Å²) in [5.74, 6) is 7.08. The first-order valence-corrected chi connectivity index (χ1v) is 6.20. The van der Waals surface area contributed by atoms with Crippen LogP contribution in [0.1, 0.15) is 11.4 Å². The summed E-state index contributed by atoms with van der Waals surface area (Å²) in [6.45, 7) is 1.78. The number of hydrazine groups is 1. The van der Waals surface area contributed by atoms with E-state index in [1.165, 1.54) is 0 Å². The zero-order chi connectivity index (χ0) is 13.8. The molecule has 0 radical (unpaired) electrons. The lowest BCUT2D eigenvalue weighted by Crippen LogP contribution is -2.10. The van der Waals surface area contributed by atoms with Gasteiger partial charge in [0, 0.05) is 10.5 Å². The highest BCUT2D eigenvalue weighted by atomic mass is 79.9. The van der Waals surface area contributed by atoms with Crippen LogP contribution in [0.2, 0.25) is 0 Å². The number of nitrogens with one attached hydrogen (secondary N) is 2. The Kier molecular flexibility index (Phi) is 3.94. The number of nitrogens with two attached hydrogens (primary N) is 1. The van der Waals surface area contributed by atoms with E-state index in [9.17, 15) is 0 Å². The van der Waals surface area contributed by atoms with Crippen molar-refractivity contribution in [1.82, 2.24) is 9.97 Å². The van der Waals surface area contributed by atoms with Crippen LogP contribution in [-0.4, -0.2) is 9.97 Å². The van der Waals surface area contributed by atoms with Gasteiger partial charge >= 0.3 is 0 Å². The van der Waals surface area contributed by atoms with Crippen molar-refractivity contribution in [3.63, 3.8) is 0 Å². The highest BCUT2D eigenvalue weighted by Crippen LogP contribution is 2.26. The Morgan fingerprint density at radius 1 is 1.26 bits per heavy atom. The van der Waals surface area contributed by atoms with Crippen molar-refractivity contribution in [3.05, 3.63) is 40.1 Å². The maximum atomic E-state index is 8.81. The van der Waals surface area contributed by atoms with Crippen LogP contribution in [0.3, 0.4) is 0 Å². The number of nitriles is 1. The number of nitrogen functional groups attached to an aromatic ring is 1. The summed E-state index contributed by atoms with van der Waals surface area (Å²) in [7, 11) is 0. The molecule has 2 rings (SSSR count). The maximum absolute atomic E-state index is 8.81. The number of nitrogens with zero attached hydrogens (tertiary/aromatic N) is 3. The maximum Gasteiger partial charge on any atom is 0.145 e. The van der Waals surface area contributed by atoms with Crippen LogP contribution in [0.15, 0.2) is 28.7 Å². The van der Waals surface area contributed by atoms with E-state index >= 15 is 0 Å². The Morgan fingerprint density at radius 3 is 2.63 bits per heavy atom. The van der Waals surface area contributed by atoms with Crippen molar-refractivity contribution < 1.29 is 0 Å². The lowest BCUT2D eigenvalue weighted by atomic mass is 10.2. The Hall–Kier alpha value is -2.17. The van der Waals surface area contributed by atoms with Gasteiger partial charge in [0.05, 0.1) is 17.3 Å². The molecule has 0 saturated carbocycles. The minimum absolute atomic E-state index is 0.528. The molecule has 7 heteroatoms. The molecule has 0 aliphatic heterocycles. The van der Waals surface area contributed by atoms with Gasteiger partial charge in [0.2, 0.25) is 0 Å². The molecule has 0 bridgehead atoms. The molecule has 4 N–H and O–H groups in total. The predicted molar refractivity (Wildman–Crippen MR) is 76.7 cm³/mol. The molecule has 0 fully saturated rings. The fourth-order valence-corrected chi connectivity index (χ4v) is 2.01. The van der Waals surface area contributed by atoms with Gasteiger partial charge in [-0.3, -0.25) is 0 Å². The third-order valence-corrected chi connectivity index (χ3v) is 3.00. The van der Waals surface area contributed by atoms with Gasteiger partial charge in [-0.1, -0.05) is 0 Å². The molecule has 0 unspecified atom stereocenters. The van der Waals surface area contributed by atoms with Crippen LogP contribution in [-0.2, 0) is 0 Å². The average molecular weight is 319 g/mol. The van der Waals surface area contributed by atoms with Crippen molar-refractivity contribution in [1.29, 1.82) is 5.26 Å². The van der Waals surface area contributed by atoms with E-state index in [0.717, 1.165) is 10.2 Å². The van der Waals surface area contributed by atoms with Gasteiger partial charge in [-0.25, -0.2) is 15.8 Å². The molecule has 6 nitrogen and oxygen atoms in total. The van der Waals surface area contributed by atoms with E-state index in [2.05, 4.69) is 42.7 Å². The first kappa shape index (κ1) is 13.3. The number of halogens is 1. The van der Waals surface area contributed by atoms with Gasteiger partial charge < -0.3 is 10.7 Å². The van der Waals surface area contributed by atoms with E-state index in [1.54, 1.807) is 31.2 Å². The molecule has 0 amide bonds. The Bertz CT molecular complexity index is 649. The van der Waals surface area contributed by atoms with Gasteiger partial charge in [-0.05, 0) is 41.1 Å². The molecule has 1 aromatic heterocycles. The average Bonchev–Trinajstić information content (AvgIpc) is 2.40. The van der Waals surface area contributed by atoms with Gasteiger partial charge in [-0.2, -0.15) is 5.26 Å². The summed E-state index contributed by atoms with van der Waals surface area (Å²) in [5.41, 5.74) is 3.87. The standard InChI is InChI=1S/C12H11BrN6/c1-7-16-11(5-12(17-7)19-15)18-10-3-2-8(6-14)4-9(10)13/h2-5H,15H2,1H3,(H2,16,17,18,19). The molecule has 0 aliphatic rings. The fourth-order valence-electron chi connectivity index (χ4n) is 1.53. The first-order valence-electron chi connectivity index (χ1n) is 5.41.